The Morgan fingerprint density at radius 2 is 1.65 bits per heavy atom. The van der Waals surface area contributed by atoms with Gasteiger partial charge in [-0.3, -0.25) is 9.59 Å². The average Bonchev–Trinajstić information content (AvgIpc) is 3.34. The van der Waals surface area contributed by atoms with Crippen molar-refractivity contribution in [2.24, 2.45) is 0 Å². The van der Waals surface area contributed by atoms with Crippen LogP contribution in [0.25, 0.3) is 5.76 Å². The van der Waals surface area contributed by atoms with Crippen molar-refractivity contribution >= 4 is 17.4 Å². The molecule has 158 valence electrons. The van der Waals surface area contributed by atoms with E-state index in [0.717, 1.165) is 27.8 Å². The number of rotatable bonds is 4. The first-order valence-electron chi connectivity index (χ1n) is 10.2. The van der Waals surface area contributed by atoms with Crippen LogP contribution in [0.1, 0.15) is 45.2 Å². The van der Waals surface area contributed by atoms with E-state index in [9.17, 15) is 14.7 Å². The minimum absolute atomic E-state index is 0.0546. The Labute approximate surface area is 181 Å². The summed E-state index contributed by atoms with van der Waals surface area (Å²) in [6, 6.07) is 14.3. The van der Waals surface area contributed by atoms with Gasteiger partial charge in [-0.1, -0.05) is 41.5 Å². The Bertz CT molecular complexity index is 1200. The lowest BCUT2D eigenvalue weighted by atomic mass is 9.95. The van der Waals surface area contributed by atoms with Crippen LogP contribution in [0.5, 0.6) is 0 Å². The summed E-state index contributed by atoms with van der Waals surface area (Å²) in [7, 11) is 0. The number of likely N-dealkylation sites (tertiary alicyclic amines) is 1. The number of carbonyl (C=O) groups is 2. The number of nitrogens with zero attached hydrogens (tertiary/aromatic N) is 1. The van der Waals surface area contributed by atoms with Crippen LogP contribution in [0.3, 0.4) is 0 Å². The first-order chi connectivity index (χ1) is 14.8. The van der Waals surface area contributed by atoms with Crippen molar-refractivity contribution in [2.45, 2.75) is 40.3 Å². The van der Waals surface area contributed by atoms with E-state index in [1.807, 2.05) is 64.1 Å². The molecular weight excluding hydrogens is 390 g/mol. The quantitative estimate of drug-likeness (QED) is 0.364. The van der Waals surface area contributed by atoms with Gasteiger partial charge >= 0.3 is 0 Å². The molecule has 0 spiro atoms. The highest BCUT2D eigenvalue weighted by Gasteiger charge is 2.47. The fourth-order valence-corrected chi connectivity index (χ4v) is 4.08. The number of aryl methyl sites for hydroxylation is 4. The second-order valence-electron chi connectivity index (χ2n) is 8.19. The molecule has 0 radical (unpaired) electrons. The van der Waals surface area contributed by atoms with E-state index in [4.69, 9.17) is 4.42 Å². The average molecular weight is 415 g/mol. The minimum Gasteiger partial charge on any atom is -0.507 e. The molecule has 1 unspecified atom stereocenters. The maximum absolute atomic E-state index is 13.1. The fraction of sp³-hybridized carbons (Fsp3) is 0.231. The molecule has 2 heterocycles. The lowest BCUT2D eigenvalue weighted by Gasteiger charge is -2.24. The SMILES string of the molecule is Cc1ccc(C)c(CN2C(=O)C(=O)/C(=C(\O)c3cc(C)ccc3C)C2c2ccco2)c1. The highest BCUT2D eigenvalue weighted by molar-refractivity contribution is 6.46. The lowest BCUT2D eigenvalue weighted by Crippen LogP contribution is -2.29. The van der Waals surface area contributed by atoms with Crippen LogP contribution in [0.2, 0.25) is 0 Å². The molecule has 1 atom stereocenters. The zero-order valence-electron chi connectivity index (χ0n) is 18.1. The lowest BCUT2D eigenvalue weighted by molar-refractivity contribution is -0.140. The van der Waals surface area contributed by atoms with Crippen molar-refractivity contribution in [1.29, 1.82) is 0 Å². The zero-order chi connectivity index (χ0) is 22.3. The Balaban J connectivity index is 1.88. The predicted octanol–water partition coefficient (Wildman–Crippen LogP) is 5.14. The molecule has 1 aliphatic heterocycles. The van der Waals surface area contributed by atoms with Crippen LogP contribution in [-0.4, -0.2) is 21.7 Å². The van der Waals surface area contributed by atoms with Crippen LogP contribution < -0.4 is 0 Å². The van der Waals surface area contributed by atoms with E-state index in [1.165, 1.54) is 11.2 Å². The number of Topliss-reactive ketones (excluding diaryl/α,β-unsaturated/α-hetero) is 1. The van der Waals surface area contributed by atoms with E-state index in [2.05, 4.69) is 0 Å². The van der Waals surface area contributed by atoms with Gasteiger partial charge in [0.25, 0.3) is 11.7 Å². The number of carbonyl (C=O) groups excluding carboxylic acids is 2. The molecule has 31 heavy (non-hydrogen) atoms. The highest BCUT2D eigenvalue weighted by Crippen LogP contribution is 2.41. The zero-order valence-corrected chi connectivity index (χ0v) is 18.1. The number of amides is 1. The van der Waals surface area contributed by atoms with Gasteiger partial charge in [0.05, 0.1) is 11.8 Å². The van der Waals surface area contributed by atoms with E-state index >= 15 is 0 Å². The van der Waals surface area contributed by atoms with Gasteiger partial charge in [-0.15, -0.1) is 0 Å². The van der Waals surface area contributed by atoms with Crippen LogP contribution in [0.15, 0.2) is 64.8 Å². The largest absolute Gasteiger partial charge is 0.507 e. The van der Waals surface area contributed by atoms with Crippen LogP contribution in [0.4, 0.5) is 0 Å². The number of aliphatic hydroxyl groups excluding tert-OH is 1. The molecular formula is C26H25NO4. The van der Waals surface area contributed by atoms with Crippen molar-refractivity contribution in [3.8, 4) is 0 Å². The molecule has 1 aliphatic rings. The minimum atomic E-state index is -0.796. The molecule has 5 nitrogen and oxygen atoms in total. The summed E-state index contributed by atoms with van der Waals surface area (Å²) in [6.07, 6.45) is 1.51. The summed E-state index contributed by atoms with van der Waals surface area (Å²) in [5.41, 5.74) is 5.42. The molecule has 0 bridgehead atoms. The van der Waals surface area contributed by atoms with Gasteiger partial charge in [0.15, 0.2) is 0 Å². The van der Waals surface area contributed by atoms with Crippen molar-refractivity contribution in [3.05, 3.63) is 99.5 Å². The Morgan fingerprint density at radius 3 is 2.32 bits per heavy atom. The van der Waals surface area contributed by atoms with Gasteiger partial charge in [0.1, 0.15) is 17.6 Å². The molecule has 0 aliphatic carbocycles. The molecule has 1 saturated heterocycles. The molecule has 0 saturated carbocycles. The summed E-state index contributed by atoms with van der Waals surface area (Å²) in [6.45, 7) is 7.99. The first-order valence-corrected chi connectivity index (χ1v) is 10.2. The summed E-state index contributed by atoms with van der Waals surface area (Å²) in [4.78, 5) is 27.7. The second kappa shape index (κ2) is 7.91. The van der Waals surface area contributed by atoms with Crippen molar-refractivity contribution in [2.75, 3.05) is 0 Å². The number of furan rings is 1. The third kappa shape index (κ3) is 3.67. The van der Waals surface area contributed by atoms with Crippen molar-refractivity contribution < 1.29 is 19.1 Å². The third-order valence-corrected chi connectivity index (χ3v) is 5.85. The normalized spacial score (nSPS) is 18.1. The van der Waals surface area contributed by atoms with Crippen LogP contribution in [-0.2, 0) is 16.1 Å². The third-order valence-electron chi connectivity index (χ3n) is 5.85. The standard InChI is InChI=1S/C26H25NO4/c1-15-7-9-17(3)19(12-15)14-27-23(21-6-5-11-31-21)22(25(29)26(27)30)24(28)20-13-16(2)8-10-18(20)4/h5-13,23,28H,14H2,1-4H3/b24-22-. The fourth-order valence-electron chi connectivity index (χ4n) is 4.08. The second-order valence-corrected chi connectivity index (χ2v) is 8.19. The van der Waals surface area contributed by atoms with Crippen LogP contribution >= 0.6 is 0 Å². The van der Waals surface area contributed by atoms with Crippen LogP contribution in [0, 0.1) is 27.7 Å². The number of benzene rings is 2. The molecule has 1 N–H and O–H groups in total. The van der Waals surface area contributed by atoms with Gasteiger partial charge in [-0.25, -0.2) is 0 Å². The van der Waals surface area contributed by atoms with E-state index < -0.39 is 17.7 Å². The Kier molecular flexibility index (Phi) is 5.27. The maximum atomic E-state index is 13.1. The summed E-state index contributed by atoms with van der Waals surface area (Å²) < 4.78 is 5.61. The molecule has 1 aromatic heterocycles. The maximum Gasteiger partial charge on any atom is 0.296 e. The van der Waals surface area contributed by atoms with E-state index in [1.54, 1.807) is 12.1 Å². The van der Waals surface area contributed by atoms with Crippen molar-refractivity contribution in [1.82, 2.24) is 4.90 Å². The first kappa shape index (κ1) is 20.7. The molecule has 5 heteroatoms. The molecule has 1 fully saturated rings. The topological polar surface area (TPSA) is 70.8 Å². The van der Waals surface area contributed by atoms with Gasteiger partial charge in [-0.2, -0.15) is 0 Å². The molecule has 2 aromatic carbocycles. The predicted molar refractivity (Wildman–Crippen MR) is 118 cm³/mol. The van der Waals surface area contributed by atoms with E-state index in [0.29, 0.717) is 11.3 Å². The monoisotopic (exact) mass is 415 g/mol. The van der Waals surface area contributed by atoms with Gasteiger partial charge in [-0.05, 0) is 62.6 Å². The van der Waals surface area contributed by atoms with Gasteiger partial charge < -0.3 is 14.4 Å². The Morgan fingerprint density at radius 1 is 0.968 bits per heavy atom. The highest BCUT2D eigenvalue weighted by atomic mass is 16.3. The smallest absolute Gasteiger partial charge is 0.296 e. The molecule has 3 aromatic rings. The molecule has 1 amide bonds. The van der Waals surface area contributed by atoms with Crippen molar-refractivity contribution in [3.63, 3.8) is 0 Å². The number of ketones is 1. The van der Waals surface area contributed by atoms with Gasteiger partial charge in [0.2, 0.25) is 0 Å². The summed E-state index contributed by atoms with van der Waals surface area (Å²) in [5.74, 6) is -1.08. The van der Waals surface area contributed by atoms with E-state index in [-0.39, 0.29) is 17.9 Å². The number of hydrogen-bond acceptors (Lipinski definition) is 4. The number of hydrogen-bond donors (Lipinski definition) is 1. The number of aliphatic hydroxyl groups is 1. The summed E-state index contributed by atoms with van der Waals surface area (Å²) >= 11 is 0. The van der Waals surface area contributed by atoms with Gasteiger partial charge in [0, 0.05) is 12.1 Å². The Hall–Kier alpha value is -3.60. The summed E-state index contributed by atoms with van der Waals surface area (Å²) in [5, 5.41) is 11.2. The molecule has 4 rings (SSSR count).